The van der Waals surface area contributed by atoms with Gasteiger partial charge in [-0.3, -0.25) is 0 Å². The van der Waals surface area contributed by atoms with Crippen molar-refractivity contribution >= 4 is 17.8 Å². The van der Waals surface area contributed by atoms with Gasteiger partial charge in [0, 0.05) is 27.2 Å². The largest absolute Gasteiger partial charge is 0.357 e. The molecule has 1 aliphatic heterocycles. The lowest BCUT2D eigenvalue weighted by atomic mass is 10.1. The molecule has 1 aromatic rings. The lowest BCUT2D eigenvalue weighted by Gasteiger charge is -2.27. The van der Waals surface area contributed by atoms with Gasteiger partial charge in [-0.2, -0.15) is 15.0 Å². The Morgan fingerprint density at radius 2 is 1.90 bits per heavy atom. The molecule has 0 bridgehead atoms. The van der Waals surface area contributed by atoms with Crippen molar-refractivity contribution in [1.82, 2.24) is 15.0 Å². The highest BCUT2D eigenvalue weighted by Crippen LogP contribution is 2.19. The number of hydrogen-bond acceptors (Lipinski definition) is 6. The fourth-order valence-electron chi connectivity index (χ4n) is 2.16. The highest BCUT2D eigenvalue weighted by Gasteiger charge is 2.18. The Balaban J connectivity index is 2.23. The van der Waals surface area contributed by atoms with Crippen molar-refractivity contribution in [2.24, 2.45) is 0 Å². The van der Waals surface area contributed by atoms with E-state index >= 15 is 0 Å². The predicted octanol–water partition coefficient (Wildman–Crippen LogP) is 1.60. The van der Waals surface area contributed by atoms with E-state index in [1.165, 1.54) is 11.3 Å². The van der Waals surface area contributed by atoms with E-state index < -0.39 is 13.0 Å². The molecule has 6 nitrogen and oxygen atoms in total. The van der Waals surface area contributed by atoms with Crippen LogP contribution in [0.15, 0.2) is 0 Å². The van der Waals surface area contributed by atoms with E-state index in [2.05, 4.69) is 25.2 Å². The van der Waals surface area contributed by atoms with Crippen LogP contribution >= 0.6 is 0 Å². The summed E-state index contributed by atoms with van der Waals surface area (Å²) in [5.41, 5.74) is 0. The third kappa shape index (κ3) is 3.64. The average Bonchev–Trinajstić information content (AvgIpc) is 2.47. The van der Waals surface area contributed by atoms with E-state index in [0.717, 1.165) is 25.9 Å². The second-order valence-corrected chi connectivity index (χ2v) is 4.83. The normalized spacial score (nSPS) is 15.6. The number of piperidine rings is 1. The average molecular weight is 286 g/mol. The Kier molecular flexibility index (Phi) is 4.86. The maximum absolute atomic E-state index is 12.5. The minimum atomic E-state index is -2.42. The summed E-state index contributed by atoms with van der Waals surface area (Å²) in [4.78, 5) is 16.2. The zero-order valence-electron chi connectivity index (χ0n) is 11.8. The summed E-state index contributed by atoms with van der Waals surface area (Å²) < 4.78 is 24.9. The van der Waals surface area contributed by atoms with Gasteiger partial charge < -0.3 is 15.1 Å². The van der Waals surface area contributed by atoms with Crippen LogP contribution in [-0.4, -0.2) is 55.1 Å². The minimum absolute atomic E-state index is 0.269. The van der Waals surface area contributed by atoms with Gasteiger partial charge in [0.15, 0.2) is 0 Å². The molecule has 20 heavy (non-hydrogen) atoms. The predicted molar refractivity (Wildman–Crippen MR) is 74.7 cm³/mol. The topological polar surface area (TPSA) is 57.2 Å². The van der Waals surface area contributed by atoms with Gasteiger partial charge >= 0.3 is 0 Å². The fourth-order valence-corrected chi connectivity index (χ4v) is 2.16. The Labute approximate surface area is 117 Å². The second kappa shape index (κ2) is 6.62. The summed E-state index contributed by atoms with van der Waals surface area (Å²) in [6.45, 7) is 1.39. The maximum atomic E-state index is 12.5. The number of alkyl halides is 2. The van der Waals surface area contributed by atoms with Gasteiger partial charge in [-0.25, -0.2) is 8.78 Å². The molecule has 2 heterocycles. The molecule has 2 rings (SSSR count). The molecule has 0 spiro atoms. The number of aromatic nitrogens is 3. The van der Waals surface area contributed by atoms with E-state index in [1.807, 2.05) is 0 Å². The summed E-state index contributed by atoms with van der Waals surface area (Å²) >= 11 is 0. The molecule has 0 unspecified atom stereocenters. The van der Waals surface area contributed by atoms with E-state index in [1.54, 1.807) is 14.1 Å². The first-order chi connectivity index (χ1) is 9.60. The molecule has 0 radical (unpaired) electrons. The van der Waals surface area contributed by atoms with Crippen molar-refractivity contribution in [3.63, 3.8) is 0 Å². The van der Waals surface area contributed by atoms with Crippen LogP contribution in [0.3, 0.4) is 0 Å². The standard InChI is InChI=1S/C12H20F2N6/c1-15-10-16-11(19(2)8-9(13)14)18-12(17-10)20-6-4-3-5-7-20/h9H,3-8H2,1-2H3,(H,15,16,17,18). The van der Waals surface area contributed by atoms with E-state index in [-0.39, 0.29) is 5.95 Å². The summed E-state index contributed by atoms with van der Waals surface area (Å²) in [5.74, 6) is 1.22. The molecule has 0 aliphatic carbocycles. The lowest BCUT2D eigenvalue weighted by Crippen LogP contribution is -2.33. The highest BCUT2D eigenvalue weighted by atomic mass is 19.3. The van der Waals surface area contributed by atoms with Gasteiger partial charge in [0.2, 0.25) is 17.8 Å². The second-order valence-electron chi connectivity index (χ2n) is 4.83. The summed E-state index contributed by atoms with van der Waals surface area (Å²) in [5, 5.41) is 2.85. The first kappa shape index (κ1) is 14.7. The van der Waals surface area contributed by atoms with Crippen LogP contribution in [0.25, 0.3) is 0 Å². The van der Waals surface area contributed by atoms with Crippen molar-refractivity contribution in [3.8, 4) is 0 Å². The van der Waals surface area contributed by atoms with Crippen LogP contribution in [0.2, 0.25) is 0 Å². The summed E-state index contributed by atoms with van der Waals surface area (Å²) in [6, 6.07) is 0. The van der Waals surface area contributed by atoms with Gasteiger partial charge in [-0.05, 0) is 19.3 Å². The van der Waals surface area contributed by atoms with Gasteiger partial charge in [0.1, 0.15) is 0 Å². The van der Waals surface area contributed by atoms with Crippen LogP contribution < -0.4 is 15.1 Å². The van der Waals surface area contributed by atoms with Crippen LogP contribution in [0.5, 0.6) is 0 Å². The van der Waals surface area contributed by atoms with Crippen molar-refractivity contribution in [2.45, 2.75) is 25.7 Å². The zero-order valence-corrected chi connectivity index (χ0v) is 11.8. The molecule has 112 valence electrons. The third-order valence-electron chi connectivity index (χ3n) is 3.23. The van der Waals surface area contributed by atoms with Gasteiger partial charge in [0.25, 0.3) is 6.43 Å². The molecule has 8 heteroatoms. The van der Waals surface area contributed by atoms with E-state index in [0.29, 0.717) is 11.9 Å². The number of rotatable bonds is 5. The van der Waals surface area contributed by atoms with Crippen LogP contribution in [0.1, 0.15) is 19.3 Å². The summed E-state index contributed by atoms with van der Waals surface area (Å²) in [7, 11) is 3.26. The smallest absolute Gasteiger partial charge is 0.255 e. The lowest BCUT2D eigenvalue weighted by molar-refractivity contribution is 0.156. The Bertz CT molecular complexity index is 436. The molecule has 1 fully saturated rings. The quantitative estimate of drug-likeness (QED) is 0.887. The monoisotopic (exact) mass is 286 g/mol. The number of hydrogen-bond donors (Lipinski definition) is 1. The first-order valence-corrected chi connectivity index (χ1v) is 6.78. The Hall–Kier alpha value is -1.73. The molecule has 1 N–H and O–H groups in total. The number of nitrogens with zero attached hydrogens (tertiary/aromatic N) is 5. The van der Waals surface area contributed by atoms with Crippen molar-refractivity contribution in [2.75, 3.05) is 48.8 Å². The fraction of sp³-hybridized carbons (Fsp3) is 0.750. The third-order valence-corrected chi connectivity index (χ3v) is 3.23. The van der Waals surface area contributed by atoms with Gasteiger partial charge in [0.05, 0.1) is 6.54 Å². The summed E-state index contributed by atoms with van der Waals surface area (Å²) in [6.07, 6.45) is 0.984. The Morgan fingerprint density at radius 3 is 2.50 bits per heavy atom. The van der Waals surface area contributed by atoms with Crippen LogP contribution in [-0.2, 0) is 0 Å². The van der Waals surface area contributed by atoms with Crippen LogP contribution in [0, 0.1) is 0 Å². The van der Waals surface area contributed by atoms with E-state index in [4.69, 9.17) is 0 Å². The van der Waals surface area contributed by atoms with Crippen molar-refractivity contribution < 1.29 is 8.78 Å². The molecule has 0 saturated carbocycles. The molecule has 0 atom stereocenters. The first-order valence-electron chi connectivity index (χ1n) is 6.78. The molecular weight excluding hydrogens is 266 g/mol. The van der Waals surface area contributed by atoms with Crippen LogP contribution in [0.4, 0.5) is 26.6 Å². The SMILES string of the molecule is CNc1nc(N(C)CC(F)F)nc(N2CCCCC2)n1. The zero-order chi connectivity index (χ0) is 14.5. The maximum Gasteiger partial charge on any atom is 0.255 e. The molecule has 0 amide bonds. The molecule has 1 saturated heterocycles. The minimum Gasteiger partial charge on any atom is -0.357 e. The number of halogens is 2. The van der Waals surface area contributed by atoms with Crippen molar-refractivity contribution in [3.05, 3.63) is 0 Å². The number of anilines is 3. The van der Waals surface area contributed by atoms with Crippen molar-refractivity contribution in [1.29, 1.82) is 0 Å². The molecule has 0 aromatic carbocycles. The number of nitrogens with one attached hydrogen (secondary N) is 1. The van der Waals surface area contributed by atoms with Gasteiger partial charge in [-0.15, -0.1) is 0 Å². The van der Waals surface area contributed by atoms with E-state index in [9.17, 15) is 8.78 Å². The molecular formula is C12H20F2N6. The Morgan fingerprint density at radius 1 is 1.20 bits per heavy atom. The highest BCUT2D eigenvalue weighted by molar-refractivity contribution is 5.44. The van der Waals surface area contributed by atoms with Gasteiger partial charge in [-0.1, -0.05) is 0 Å². The molecule has 1 aromatic heterocycles. The molecule has 1 aliphatic rings.